The maximum absolute atomic E-state index is 12.7. The van der Waals surface area contributed by atoms with Gasteiger partial charge in [-0.2, -0.15) is 0 Å². The third kappa shape index (κ3) is 7.07. The SMILES string of the molecule is CC(C)C(=O)Nc1cc(NC(=O)CC(C)(C)C)c(N)c(NC(=O)C(C)C)c1-c1ccccc1. The van der Waals surface area contributed by atoms with Gasteiger partial charge in [-0.15, -0.1) is 0 Å². The number of benzene rings is 2. The van der Waals surface area contributed by atoms with Crippen LogP contribution in [0.2, 0.25) is 0 Å². The van der Waals surface area contributed by atoms with Crippen LogP contribution in [-0.2, 0) is 14.4 Å². The van der Waals surface area contributed by atoms with Gasteiger partial charge in [0.05, 0.1) is 22.7 Å². The number of nitrogen functional groups attached to an aromatic ring is 1. The van der Waals surface area contributed by atoms with Crippen LogP contribution in [0, 0.1) is 17.3 Å². The van der Waals surface area contributed by atoms with E-state index in [0.29, 0.717) is 22.6 Å². The van der Waals surface area contributed by atoms with E-state index < -0.39 is 0 Å². The molecule has 0 saturated carbocycles. The summed E-state index contributed by atoms with van der Waals surface area (Å²) in [4.78, 5) is 38.0. The number of nitrogens with two attached hydrogens (primary N) is 1. The summed E-state index contributed by atoms with van der Waals surface area (Å²) in [5.74, 6) is -1.17. The minimum atomic E-state index is -0.291. The van der Waals surface area contributed by atoms with Crippen molar-refractivity contribution in [2.75, 3.05) is 21.7 Å². The van der Waals surface area contributed by atoms with E-state index in [4.69, 9.17) is 5.73 Å². The normalized spacial score (nSPS) is 11.4. The van der Waals surface area contributed by atoms with Crippen molar-refractivity contribution >= 4 is 40.5 Å². The molecule has 0 saturated heterocycles. The number of anilines is 4. The summed E-state index contributed by atoms with van der Waals surface area (Å²) in [5.41, 5.74) is 9.02. The summed E-state index contributed by atoms with van der Waals surface area (Å²) in [5, 5.41) is 8.72. The van der Waals surface area contributed by atoms with Crippen molar-refractivity contribution in [1.82, 2.24) is 0 Å². The molecule has 0 bridgehead atoms. The van der Waals surface area contributed by atoms with Crippen molar-refractivity contribution in [3.05, 3.63) is 36.4 Å². The molecule has 7 heteroatoms. The Hall–Kier alpha value is -3.35. The summed E-state index contributed by atoms with van der Waals surface area (Å²) in [6.45, 7) is 13.1. The molecule has 0 aliphatic carbocycles. The zero-order valence-corrected chi connectivity index (χ0v) is 20.6. The lowest BCUT2D eigenvalue weighted by molar-refractivity contribution is -0.119. The van der Waals surface area contributed by atoms with Crippen molar-refractivity contribution in [3.8, 4) is 11.1 Å². The molecule has 33 heavy (non-hydrogen) atoms. The number of rotatable bonds is 7. The Morgan fingerprint density at radius 2 is 1.39 bits per heavy atom. The molecule has 0 fully saturated rings. The molecule has 0 aliphatic rings. The first kappa shape index (κ1) is 25.9. The van der Waals surface area contributed by atoms with Gasteiger partial charge in [0.25, 0.3) is 0 Å². The Balaban J connectivity index is 2.73. The predicted molar refractivity (Wildman–Crippen MR) is 136 cm³/mol. The monoisotopic (exact) mass is 452 g/mol. The molecular formula is C26H36N4O3. The van der Waals surface area contributed by atoms with E-state index in [1.54, 1.807) is 33.8 Å². The molecule has 2 aromatic rings. The fraction of sp³-hybridized carbons (Fsp3) is 0.423. The first-order valence-corrected chi connectivity index (χ1v) is 11.2. The summed E-state index contributed by atoms with van der Waals surface area (Å²) in [6, 6.07) is 11.0. The van der Waals surface area contributed by atoms with Crippen LogP contribution in [-0.4, -0.2) is 17.7 Å². The third-order valence-electron chi connectivity index (χ3n) is 4.95. The predicted octanol–water partition coefficient (Wildman–Crippen LogP) is 5.50. The molecule has 0 radical (unpaired) electrons. The highest BCUT2D eigenvalue weighted by Crippen LogP contribution is 2.44. The van der Waals surface area contributed by atoms with Gasteiger partial charge < -0.3 is 21.7 Å². The number of nitrogens with one attached hydrogen (secondary N) is 3. The van der Waals surface area contributed by atoms with Crippen LogP contribution in [0.3, 0.4) is 0 Å². The molecule has 5 N–H and O–H groups in total. The molecule has 2 rings (SSSR count). The molecule has 2 aromatic carbocycles. The average Bonchev–Trinajstić information content (AvgIpc) is 2.70. The number of hydrogen-bond acceptors (Lipinski definition) is 4. The van der Waals surface area contributed by atoms with Crippen LogP contribution in [0.1, 0.15) is 54.9 Å². The van der Waals surface area contributed by atoms with Crippen molar-refractivity contribution in [1.29, 1.82) is 0 Å². The highest BCUT2D eigenvalue weighted by molar-refractivity contribution is 6.11. The van der Waals surface area contributed by atoms with E-state index in [0.717, 1.165) is 5.56 Å². The van der Waals surface area contributed by atoms with E-state index in [1.165, 1.54) is 0 Å². The van der Waals surface area contributed by atoms with Gasteiger partial charge in [-0.3, -0.25) is 14.4 Å². The zero-order chi connectivity index (χ0) is 24.9. The number of amides is 3. The number of carbonyl (C=O) groups is 3. The second-order valence-corrected chi connectivity index (χ2v) is 10.1. The minimum Gasteiger partial charge on any atom is -0.395 e. The second kappa shape index (κ2) is 10.5. The van der Waals surface area contributed by atoms with Crippen LogP contribution >= 0.6 is 0 Å². The lowest BCUT2D eigenvalue weighted by Gasteiger charge is -2.24. The summed E-state index contributed by atoms with van der Waals surface area (Å²) < 4.78 is 0. The van der Waals surface area contributed by atoms with Crippen LogP contribution in [0.5, 0.6) is 0 Å². The van der Waals surface area contributed by atoms with Crippen molar-refractivity contribution in [2.45, 2.75) is 54.9 Å². The molecule has 0 unspecified atom stereocenters. The Morgan fingerprint density at radius 3 is 1.91 bits per heavy atom. The molecule has 0 heterocycles. The van der Waals surface area contributed by atoms with Gasteiger partial charge in [0, 0.05) is 23.8 Å². The third-order valence-corrected chi connectivity index (χ3v) is 4.95. The van der Waals surface area contributed by atoms with Crippen LogP contribution < -0.4 is 21.7 Å². The fourth-order valence-electron chi connectivity index (χ4n) is 3.16. The van der Waals surface area contributed by atoms with Crippen molar-refractivity contribution in [3.63, 3.8) is 0 Å². The summed E-state index contributed by atoms with van der Waals surface area (Å²) in [7, 11) is 0. The van der Waals surface area contributed by atoms with E-state index in [9.17, 15) is 14.4 Å². The second-order valence-electron chi connectivity index (χ2n) is 10.1. The average molecular weight is 453 g/mol. The number of hydrogen-bond donors (Lipinski definition) is 4. The van der Waals surface area contributed by atoms with Gasteiger partial charge in [-0.1, -0.05) is 78.8 Å². The summed E-state index contributed by atoms with van der Waals surface area (Å²) >= 11 is 0. The highest BCUT2D eigenvalue weighted by Gasteiger charge is 2.24. The fourth-order valence-corrected chi connectivity index (χ4v) is 3.16. The minimum absolute atomic E-state index is 0.190. The van der Waals surface area contributed by atoms with E-state index in [1.807, 2.05) is 51.1 Å². The van der Waals surface area contributed by atoms with Gasteiger partial charge in [0.1, 0.15) is 0 Å². The van der Waals surface area contributed by atoms with Gasteiger partial charge in [-0.05, 0) is 17.0 Å². The molecule has 0 atom stereocenters. The molecule has 0 spiro atoms. The van der Waals surface area contributed by atoms with E-state index >= 15 is 0 Å². The first-order valence-electron chi connectivity index (χ1n) is 11.2. The first-order chi connectivity index (χ1) is 15.3. The van der Waals surface area contributed by atoms with Crippen molar-refractivity contribution in [2.24, 2.45) is 17.3 Å². The lowest BCUT2D eigenvalue weighted by Crippen LogP contribution is -2.24. The summed E-state index contributed by atoms with van der Waals surface area (Å²) in [6.07, 6.45) is 0.286. The van der Waals surface area contributed by atoms with E-state index in [2.05, 4.69) is 16.0 Å². The molecule has 3 amide bonds. The largest absolute Gasteiger partial charge is 0.395 e. The van der Waals surface area contributed by atoms with Gasteiger partial charge >= 0.3 is 0 Å². The molecule has 7 nitrogen and oxygen atoms in total. The van der Waals surface area contributed by atoms with Crippen molar-refractivity contribution < 1.29 is 14.4 Å². The smallest absolute Gasteiger partial charge is 0.227 e. The van der Waals surface area contributed by atoms with Gasteiger partial charge in [0.15, 0.2) is 0 Å². The maximum Gasteiger partial charge on any atom is 0.227 e. The quantitative estimate of drug-likeness (QED) is 0.415. The Bertz CT molecular complexity index is 1020. The Labute approximate surface area is 196 Å². The van der Waals surface area contributed by atoms with E-state index in [-0.39, 0.29) is 47.1 Å². The molecule has 0 aliphatic heterocycles. The van der Waals surface area contributed by atoms with Crippen LogP contribution in [0.4, 0.5) is 22.7 Å². The molecule has 178 valence electrons. The van der Waals surface area contributed by atoms with Gasteiger partial charge in [0.2, 0.25) is 17.7 Å². The van der Waals surface area contributed by atoms with Crippen LogP contribution in [0.25, 0.3) is 11.1 Å². The number of carbonyl (C=O) groups excluding carboxylic acids is 3. The Morgan fingerprint density at radius 1 is 0.848 bits per heavy atom. The molecular weight excluding hydrogens is 416 g/mol. The lowest BCUT2D eigenvalue weighted by atomic mass is 9.92. The highest BCUT2D eigenvalue weighted by atomic mass is 16.2. The zero-order valence-electron chi connectivity index (χ0n) is 20.6. The maximum atomic E-state index is 12.7. The van der Waals surface area contributed by atoms with Gasteiger partial charge in [-0.25, -0.2) is 0 Å². The Kier molecular flexibility index (Phi) is 8.25. The topological polar surface area (TPSA) is 113 Å². The molecule has 0 aromatic heterocycles. The standard InChI is InChI=1S/C26H36N4O3/c1-15(2)24(32)29-18-13-19(28-20(31)14-26(5,6)7)22(27)23(30-25(33)16(3)4)21(18)17-11-9-8-10-12-17/h8-13,15-16H,14,27H2,1-7H3,(H,28,31)(H,29,32)(H,30,33). The van der Waals surface area contributed by atoms with Crippen LogP contribution in [0.15, 0.2) is 36.4 Å².